The van der Waals surface area contributed by atoms with Gasteiger partial charge in [-0.15, -0.1) is 0 Å². The number of hydrogen-bond acceptors (Lipinski definition) is 1. The first-order valence-corrected chi connectivity index (χ1v) is 8.86. The first-order valence-electron chi connectivity index (χ1n) is 8.86. The summed E-state index contributed by atoms with van der Waals surface area (Å²) in [6.07, 6.45) is 8.20. The van der Waals surface area contributed by atoms with E-state index in [0.717, 1.165) is 18.4 Å². The number of aliphatic hydroxyl groups excluding tert-OH is 1. The van der Waals surface area contributed by atoms with Crippen molar-refractivity contribution in [3.63, 3.8) is 0 Å². The zero-order valence-corrected chi connectivity index (χ0v) is 14.3. The smallest absolute Gasteiger partial charge is 0.0750 e. The lowest BCUT2D eigenvalue weighted by atomic mass is 9.60. The highest BCUT2D eigenvalue weighted by molar-refractivity contribution is 5.32. The molecule has 1 N–H and O–H groups in total. The maximum atomic E-state index is 10.3. The molecule has 0 aromatic carbocycles. The number of aliphatic hydroxyl groups is 1. The average Bonchev–Trinajstić information content (AvgIpc) is 2.69. The summed E-state index contributed by atoms with van der Waals surface area (Å²) in [5, 5.41) is 10.3. The lowest BCUT2D eigenvalue weighted by Crippen LogP contribution is -2.39. The minimum absolute atomic E-state index is 0.261. The van der Waals surface area contributed by atoms with Gasteiger partial charge in [0.05, 0.1) is 6.10 Å². The molecule has 3 aliphatic carbocycles. The summed E-state index contributed by atoms with van der Waals surface area (Å²) >= 11 is 0. The molecule has 0 aromatic rings. The number of allylic oxidation sites excluding steroid dienone is 2. The first-order chi connectivity index (χ1) is 9.77. The van der Waals surface area contributed by atoms with Gasteiger partial charge in [0.1, 0.15) is 0 Å². The fourth-order valence-electron chi connectivity index (χ4n) is 5.47. The van der Waals surface area contributed by atoms with E-state index < -0.39 is 0 Å². The Morgan fingerprint density at radius 1 is 1.14 bits per heavy atom. The van der Waals surface area contributed by atoms with Gasteiger partial charge in [-0.25, -0.2) is 0 Å². The van der Waals surface area contributed by atoms with Crippen LogP contribution in [-0.4, -0.2) is 11.2 Å². The molecule has 21 heavy (non-hydrogen) atoms. The summed E-state index contributed by atoms with van der Waals surface area (Å²) in [6.45, 7) is 14.0. The van der Waals surface area contributed by atoms with Crippen molar-refractivity contribution >= 4 is 0 Å². The van der Waals surface area contributed by atoms with Gasteiger partial charge >= 0.3 is 0 Å². The van der Waals surface area contributed by atoms with Gasteiger partial charge in [-0.1, -0.05) is 45.4 Å². The van der Waals surface area contributed by atoms with Gasteiger partial charge in [-0.05, 0) is 73.2 Å². The van der Waals surface area contributed by atoms with Crippen LogP contribution in [-0.2, 0) is 0 Å². The molecule has 0 heterocycles. The predicted molar refractivity (Wildman–Crippen MR) is 89.0 cm³/mol. The standard InChI is InChI=1S/C20H32O/c1-13(2)15-6-9-20(5)12-17-14(3)18(21)8-11-19(17,4)10-7-16(15)20/h13,17-18,21H,3,6-12H2,1-2,4-5H3/t17-,18+,19-,20-/m1/s1. The van der Waals surface area contributed by atoms with Gasteiger partial charge < -0.3 is 5.11 Å². The third-order valence-electron chi connectivity index (χ3n) is 7.07. The van der Waals surface area contributed by atoms with E-state index in [1.165, 1.54) is 32.1 Å². The van der Waals surface area contributed by atoms with Crippen LogP contribution in [0.4, 0.5) is 0 Å². The van der Waals surface area contributed by atoms with Crippen LogP contribution < -0.4 is 0 Å². The minimum Gasteiger partial charge on any atom is -0.389 e. The monoisotopic (exact) mass is 288 g/mol. The van der Waals surface area contributed by atoms with Crippen molar-refractivity contribution in [1.29, 1.82) is 0 Å². The molecular weight excluding hydrogens is 256 g/mol. The molecule has 118 valence electrons. The Balaban J connectivity index is 1.99. The number of rotatable bonds is 1. The Morgan fingerprint density at radius 2 is 1.86 bits per heavy atom. The minimum atomic E-state index is -0.261. The molecule has 0 spiro atoms. The maximum absolute atomic E-state index is 10.3. The Hall–Kier alpha value is -0.560. The second kappa shape index (κ2) is 4.98. The second-order valence-electron chi connectivity index (χ2n) is 8.76. The fraction of sp³-hybridized carbons (Fsp3) is 0.800. The van der Waals surface area contributed by atoms with Gasteiger partial charge in [-0.2, -0.15) is 0 Å². The zero-order chi connectivity index (χ0) is 15.4. The van der Waals surface area contributed by atoms with Crippen LogP contribution in [0.2, 0.25) is 0 Å². The molecule has 2 fully saturated rings. The Kier molecular flexibility index (Phi) is 3.64. The van der Waals surface area contributed by atoms with E-state index in [1.807, 2.05) is 0 Å². The lowest BCUT2D eigenvalue weighted by Gasteiger charge is -2.45. The summed E-state index contributed by atoms with van der Waals surface area (Å²) in [6, 6.07) is 0. The summed E-state index contributed by atoms with van der Waals surface area (Å²) < 4.78 is 0. The summed E-state index contributed by atoms with van der Waals surface area (Å²) in [7, 11) is 0. The quantitative estimate of drug-likeness (QED) is 0.653. The van der Waals surface area contributed by atoms with Crippen LogP contribution in [0.3, 0.4) is 0 Å². The van der Waals surface area contributed by atoms with Crippen LogP contribution in [0, 0.1) is 22.7 Å². The molecule has 4 atom stereocenters. The molecule has 3 rings (SSSR count). The topological polar surface area (TPSA) is 20.2 Å². The molecule has 0 amide bonds. The highest BCUT2D eigenvalue weighted by Gasteiger charge is 2.50. The third kappa shape index (κ3) is 2.32. The molecule has 0 aromatic heterocycles. The molecule has 0 unspecified atom stereocenters. The van der Waals surface area contributed by atoms with Crippen LogP contribution in [0.15, 0.2) is 23.3 Å². The molecule has 0 saturated heterocycles. The van der Waals surface area contributed by atoms with E-state index in [9.17, 15) is 5.11 Å². The van der Waals surface area contributed by atoms with Gasteiger partial charge in [0.25, 0.3) is 0 Å². The van der Waals surface area contributed by atoms with E-state index in [1.54, 1.807) is 11.1 Å². The highest BCUT2D eigenvalue weighted by atomic mass is 16.3. The van der Waals surface area contributed by atoms with E-state index in [4.69, 9.17) is 0 Å². The van der Waals surface area contributed by atoms with Gasteiger partial charge in [-0.3, -0.25) is 0 Å². The van der Waals surface area contributed by atoms with Crippen LogP contribution in [0.1, 0.15) is 72.6 Å². The highest BCUT2D eigenvalue weighted by Crippen LogP contribution is 2.60. The number of fused-ring (bicyclic) bond motifs is 2. The van der Waals surface area contributed by atoms with Crippen molar-refractivity contribution in [3.05, 3.63) is 23.3 Å². The van der Waals surface area contributed by atoms with Crippen LogP contribution >= 0.6 is 0 Å². The largest absolute Gasteiger partial charge is 0.389 e. The lowest BCUT2D eigenvalue weighted by molar-refractivity contribution is 0.0590. The normalized spacial score (nSPS) is 43.8. The SMILES string of the molecule is C=C1[C@H]2C[C@@]3(C)CCC(C(C)C)=C3CC[C@]2(C)CC[C@@H]1O. The van der Waals surface area contributed by atoms with Crippen molar-refractivity contribution in [1.82, 2.24) is 0 Å². The molecule has 0 radical (unpaired) electrons. The average molecular weight is 288 g/mol. The molecular formula is C20H32O. The Morgan fingerprint density at radius 3 is 2.52 bits per heavy atom. The van der Waals surface area contributed by atoms with Gasteiger partial charge in [0.2, 0.25) is 0 Å². The van der Waals surface area contributed by atoms with Gasteiger partial charge in [0.15, 0.2) is 0 Å². The van der Waals surface area contributed by atoms with Crippen molar-refractivity contribution < 1.29 is 5.11 Å². The third-order valence-corrected chi connectivity index (χ3v) is 7.07. The van der Waals surface area contributed by atoms with Gasteiger partial charge in [0, 0.05) is 0 Å². The van der Waals surface area contributed by atoms with E-state index >= 15 is 0 Å². The van der Waals surface area contributed by atoms with E-state index in [-0.39, 0.29) is 6.10 Å². The predicted octanol–water partition coefficient (Wildman–Crippen LogP) is 5.26. The van der Waals surface area contributed by atoms with Crippen LogP contribution in [0.25, 0.3) is 0 Å². The molecule has 0 aliphatic heterocycles. The fourth-order valence-corrected chi connectivity index (χ4v) is 5.47. The van der Waals surface area contributed by atoms with Crippen molar-refractivity contribution in [2.45, 2.75) is 78.7 Å². The molecule has 0 bridgehead atoms. The van der Waals surface area contributed by atoms with Crippen molar-refractivity contribution in [2.24, 2.45) is 22.7 Å². The van der Waals surface area contributed by atoms with Crippen LogP contribution in [0.5, 0.6) is 0 Å². The number of hydrogen-bond donors (Lipinski definition) is 1. The molecule has 2 saturated carbocycles. The van der Waals surface area contributed by atoms with E-state index in [2.05, 4.69) is 34.3 Å². The Bertz CT molecular complexity index is 486. The summed E-state index contributed by atoms with van der Waals surface area (Å²) in [5.74, 6) is 1.21. The molecule has 3 aliphatic rings. The molecule has 1 heteroatoms. The second-order valence-corrected chi connectivity index (χ2v) is 8.76. The van der Waals surface area contributed by atoms with Crippen molar-refractivity contribution in [2.75, 3.05) is 0 Å². The van der Waals surface area contributed by atoms with Crippen molar-refractivity contribution in [3.8, 4) is 0 Å². The first kappa shape index (κ1) is 15.3. The van der Waals surface area contributed by atoms with E-state index in [0.29, 0.717) is 22.7 Å². The Labute approximate surface area is 130 Å². The summed E-state index contributed by atoms with van der Waals surface area (Å²) in [5.41, 5.74) is 5.37. The molecule has 1 nitrogen and oxygen atoms in total. The zero-order valence-electron chi connectivity index (χ0n) is 14.3. The summed E-state index contributed by atoms with van der Waals surface area (Å²) in [4.78, 5) is 0. The maximum Gasteiger partial charge on any atom is 0.0750 e.